The van der Waals surface area contributed by atoms with Crippen LogP contribution in [0.15, 0.2) is 21.6 Å². The van der Waals surface area contributed by atoms with E-state index >= 15 is 0 Å². The van der Waals surface area contributed by atoms with Crippen LogP contribution in [-0.4, -0.2) is 26.0 Å². The molecule has 0 saturated carbocycles. The number of nitrogens with one attached hydrogen (secondary N) is 2. The van der Waals surface area contributed by atoms with E-state index in [1.807, 2.05) is 27.7 Å². The van der Waals surface area contributed by atoms with Crippen molar-refractivity contribution < 1.29 is 8.42 Å². The fraction of sp³-hybridized carbons (Fsp3) is 0.583. The summed E-state index contributed by atoms with van der Waals surface area (Å²) in [5, 5.41) is 2.96. The first kappa shape index (κ1) is 16.4. The predicted octanol–water partition coefficient (Wildman–Crippen LogP) is 2.60. The molecule has 1 heterocycles. The van der Waals surface area contributed by atoms with Crippen molar-refractivity contribution in [3.05, 3.63) is 16.7 Å². The Morgan fingerprint density at radius 1 is 1.37 bits per heavy atom. The van der Waals surface area contributed by atoms with Crippen LogP contribution < -0.4 is 10.0 Å². The van der Waals surface area contributed by atoms with Crippen LogP contribution in [0.4, 0.5) is 5.82 Å². The second kappa shape index (κ2) is 6.67. The number of aromatic nitrogens is 1. The third-order valence-electron chi connectivity index (χ3n) is 2.79. The van der Waals surface area contributed by atoms with Gasteiger partial charge in [0, 0.05) is 23.3 Å². The molecule has 5 nitrogen and oxygen atoms in total. The van der Waals surface area contributed by atoms with Crippen LogP contribution in [-0.2, 0) is 10.0 Å². The lowest BCUT2D eigenvalue weighted by Crippen LogP contribution is -2.36. The number of nitrogens with zero attached hydrogens (tertiary/aromatic N) is 1. The van der Waals surface area contributed by atoms with E-state index in [0.29, 0.717) is 16.8 Å². The van der Waals surface area contributed by atoms with Gasteiger partial charge in [-0.1, -0.05) is 13.8 Å². The molecule has 1 aromatic rings. The van der Waals surface area contributed by atoms with Crippen molar-refractivity contribution in [3.63, 3.8) is 0 Å². The zero-order chi connectivity index (χ0) is 14.6. The molecule has 7 heteroatoms. The summed E-state index contributed by atoms with van der Waals surface area (Å²) < 4.78 is 28.1. The Labute approximate surface area is 123 Å². The summed E-state index contributed by atoms with van der Waals surface area (Å²) in [5.41, 5.74) is 0. The monoisotopic (exact) mass is 349 g/mol. The van der Waals surface area contributed by atoms with Crippen molar-refractivity contribution in [2.45, 2.75) is 38.6 Å². The highest BCUT2D eigenvalue weighted by atomic mass is 79.9. The molecule has 0 fully saturated rings. The molecular formula is C12H20BrN3O2S. The van der Waals surface area contributed by atoms with E-state index in [4.69, 9.17) is 0 Å². The van der Waals surface area contributed by atoms with Crippen LogP contribution in [0, 0.1) is 5.92 Å². The third-order valence-corrected chi connectivity index (χ3v) is 4.80. The molecule has 0 spiro atoms. The average Bonchev–Trinajstić information content (AvgIpc) is 2.31. The van der Waals surface area contributed by atoms with Gasteiger partial charge in [0.05, 0.1) is 0 Å². The minimum Gasteiger partial charge on any atom is -0.369 e. The smallest absolute Gasteiger partial charge is 0.244 e. The molecule has 0 radical (unpaired) electrons. The minimum absolute atomic E-state index is 0.140. The molecule has 0 aliphatic carbocycles. The maximum Gasteiger partial charge on any atom is 0.244 e. The molecule has 0 aliphatic heterocycles. The highest BCUT2D eigenvalue weighted by Crippen LogP contribution is 2.23. The molecule has 19 heavy (non-hydrogen) atoms. The van der Waals surface area contributed by atoms with E-state index in [1.165, 1.54) is 0 Å². The molecule has 108 valence electrons. The normalized spacial score (nSPS) is 13.6. The molecular weight excluding hydrogens is 330 g/mol. The van der Waals surface area contributed by atoms with E-state index in [0.717, 1.165) is 0 Å². The maximum atomic E-state index is 12.4. The third kappa shape index (κ3) is 4.43. The fourth-order valence-corrected chi connectivity index (χ4v) is 3.40. The molecule has 1 atom stereocenters. The molecule has 0 aliphatic rings. The Morgan fingerprint density at radius 3 is 2.53 bits per heavy atom. The van der Waals surface area contributed by atoms with Gasteiger partial charge in [-0.15, -0.1) is 0 Å². The minimum atomic E-state index is -3.58. The van der Waals surface area contributed by atoms with Crippen LogP contribution >= 0.6 is 15.9 Å². The molecule has 2 N–H and O–H groups in total. The summed E-state index contributed by atoms with van der Waals surface area (Å²) in [5.74, 6) is 0.589. The molecule has 0 aromatic carbocycles. The van der Waals surface area contributed by atoms with Crippen LogP contribution in [0.25, 0.3) is 0 Å². The molecule has 1 aromatic heterocycles. The Balaban J connectivity index is 3.16. The number of rotatable bonds is 6. The van der Waals surface area contributed by atoms with Gasteiger partial charge in [0.2, 0.25) is 10.0 Å². The summed E-state index contributed by atoms with van der Waals surface area (Å²) >= 11 is 3.25. The van der Waals surface area contributed by atoms with Gasteiger partial charge < -0.3 is 5.32 Å². The van der Waals surface area contributed by atoms with E-state index < -0.39 is 10.0 Å². The van der Waals surface area contributed by atoms with Gasteiger partial charge >= 0.3 is 0 Å². The molecule has 1 unspecified atom stereocenters. The molecule has 0 amide bonds. The largest absolute Gasteiger partial charge is 0.369 e. The lowest BCUT2D eigenvalue weighted by Gasteiger charge is -2.19. The quantitative estimate of drug-likeness (QED) is 0.827. The lowest BCUT2D eigenvalue weighted by molar-refractivity contribution is 0.476. The van der Waals surface area contributed by atoms with Gasteiger partial charge in [0.1, 0.15) is 10.7 Å². The van der Waals surface area contributed by atoms with Gasteiger partial charge in [-0.3, -0.25) is 0 Å². The van der Waals surface area contributed by atoms with Gasteiger partial charge in [-0.05, 0) is 41.8 Å². The number of pyridine rings is 1. The summed E-state index contributed by atoms with van der Waals surface area (Å²) in [7, 11) is -3.58. The average molecular weight is 350 g/mol. The summed E-state index contributed by atoms with van der Waals surface area (Å²) in [6.07, 6.45) is 1.57. The predicted molar refractivity (Wildman–Crippen MR) is 80.7 cm³/mol. The van der Waals surface area contributed by atoms with Crippen LogP contribution in [0.3, 0.4) is 0 Å². The highest BCUT2D eigenvalue weighted by molar-refractivity contribution is 9.10. The van der Waals surface area contributed by atoms with E-state index in [1.54, 1.807) is 12.3 Å². The second-order valence-corrected chi connectivity index (χ2v) is 7.28. The van der Waals surface area contributed by atoms with E-state index in [-0.39, 0.29) is 16.9 Å². The first-order valence-corrected chi connectivity index (χ1v) is 8.47. The van der Waals surface area contributed by atoms with Crippen LogP contribution in [0.5, 0.6) is 0 Å². The van der Waals surface area contributed by atoms with Gasteiger partial charge in [0.15, 0.2) is 0 Å². The zero-order valence-electron chi connectivity index (χ0n) is 11.6. The Bertz CT molecular complexity index is 532. The molecule has 0 saturated heterocycles. The number of hydrogen-bond donors (Lipinski definition) is 2. The van der Waals surface area contributed by atoms with Gasteiger partial charge in [-0.25, -0.2) is 18.1 Å². The van der Waals surface area contributed by atoms with Crippen LogP contribution in [0.1, 0.15) is 27.7 Å². The number of sulfonamides is 1. The van der Waals surface area contributed by atoms with Crippen molar-refractivity contribution in [1.82, 2.24) is 9.71 Å². The zero-order valence-corrected chi connectivity index (χ0v) is 14.0. The van der Waals surface area contributed by atoms with E-state index in [2.05, 4.69) is 31.0 Å². The maximum absolute atomic E-state index is 12.4. The van der Waals surface area contributed by atoms with Gasteiger partial charge in [-0.2, -0.15) is 0 Å². The number of anilines is 1. The first-order valence-electron chi connectivity index (χ1n) is 6.19. The second-order valence-electron chi connectivity index (χ2n) is 4.68. The first-order chi connectivity index (χ1) is 8.77. The van der Waals surface area contributed by atoms with Crippen molar-refractivity contribution in [3.8, 4) is 0 Å². The summed E-state index contributed by atoms with van der Waals surface area (Å²) in [6, 6.07) is 1.42. The topological polar surface area (TPSA) is 71.1 Å². The summed E-state index contributed by atoms with van der Waals surface area (Å²) in [6.45, 7) is 8.29. The molecule has 0 bridgehead atoms. The van der Waals surface area contributed by atoms with E-state index in [9.17, 15) is 8.42 Å². The molecule has 1 rings (SSSR count). The highest BCUT2D eigenvalue weighted by Gasteiger charge is 2.23. The van der Waals surface area contributed by atoms with Gasteiger partial charge in [0.25, 0.3) is 0 Å². The SMILES string of the molecule is CCNc1ncc(Br)cc1S(=O)(=O)NC(C)C(C)C. The summed E-state index contributed by atoms with van der Waals surface area (Å²) in [4.78, 5) is 4.27. The van der Waals surface area contributed by atoms with Crippen molar-refractivity contribution in [2.24, 2.45) is 5.92 Å². The standard InChI is InChI=1S/C12H20BrN3O2S/c1-5-14-12-11(6-10(13)7-15-12)19(17,18)16-9(4)8(2)3/h6-9,16H,5H2,1-4H3,(H,14,15). The van der Waals surface area contributed by atoms with Crippen molar-refractivity contribution in [2.75, 3.05) is 11.9 Å². The Morgan fingerprint density at radius 2 is 2.00 bits per heavy atom. The van der Waals surface area contributed by atoms with Crippen molar-refractivity contribution >= 4 is 31.8 Å². The van der Waals surface area contributed by atoms with Crippen LogP contribution in [0.2, 0.25) is 0 Å². The fourth-order valence-electron chi connectivity index (χ4n) is 1.37. The lowest BCUT2D eigenvalue weighted by atomic mass is 10.1. The number of halogens is 1. The Kier molecular flexibility index (Phi) is 5.76. The number of hydrogen-bond acceptors (Lipinski definition) is 4. The Hall–Kier alpha value is -0.660. The van der Waals surface area contributed by atoms with Crippen molar-refractivity contribution in [1.29, 1.82) is 0 Å².